The van der Waals surface area contributed by atoms with Gasteiger partial charge in [-0.3, -0.25) is 0 Å². The molecule has 0 spiro atoms. The fourth-order valence-corrected chi connectivity index (χ4v) is 9.71. The van der Waals surface area contributed by atoms with Gasteiger partial charge < -0.3 is 9.80 Å². The highest BCUT2D eigenvalue weighted by Gasteiger charge is 2.25. The van der Waals surface area contributed by atoms with E-state index in [9.17, 15) is 0 Å². The summed E-state index contributed by atoms with van der Waals surface area (Å²) < 4.78 is 0. The SMILES string of the molecule is C=C/C=C(\C=C)c1nc(-c2ccc(N(C)C3=CC=C4/C=C\C=C/CC(=C3CCC=C(/C=C\C)c3ccc5c(c3)N(c3ccccc3)c3ccccc3S5)C4)cc2)nc2ccccc12. The van der Waals surface area contributed by atoms with Gasteiger partial charge in [-0.2, -0.15) is 0 Å². The van der Waals surface area contributed by atoms with Crippen molar-refractivity contribution in [2.75, 3.05) is 16.8 Å². The van der Waals surface area contributed by atoms with Gasteiger partial charge in [0.05, 0.1) is 22.6 Å². The molecule has 0 unspecified atom stereocenters. The molecule has 9 rings (SSSR count). The van der Waals surface area contributed by atoms with Crippen LogP contribution < -0.4 is 9.80 Å². The van der Waals surface area contributed by atoms with E-state index in [1.54, 1.807) is 6.08 Å². The smallest absolute Gasteiger partial charge is 0.160 e. The number of fused-ring (bicyclic) bond motifs is 5. The number of para-hydroxylation sites is 3. The van der Waals surface area contributed by atoms with E-state index in [0.717, 1.165) is 64.8 Å². The molecule has 63 heavy (non-hydrogen) atoms. The van der Waals surface area contributed by atoms with Crippen LogP contribution in [0.1, 0.15) is 43.9 Å². The molecule has 5 heteroatoms. The van der Waals surface area contributed by atoms with E-state index in [1.165, 1.54) is 54.7 Å². The predicted molar refractivity (Wildman–Crippen MR) is 270 cm³/mol. The van der Waals surface area contributed by atoms with Gasteiger partial charge in [0.15, 0.2) is 5.82 Å². The summed E-state index contributed by atoms with van der Waals surface area (Å²) in [6.45, 7) is 10.1. The Morgan fingerprint density at radius 3 is 2.43 bits per heavy atom. The third-order valence-corrected chi connectivity index (χ3v) is 12.9. The van der Waals surface area contributed by atoms with Crippen LogP contribution in [0.3, 0.4) is 0 Å². The number of allylic oxidation sites excluding steroid dienone is 17. The van der Waals surface area contributed by atoms with Gasteiger partial charge in [-0.15, -0.1) is 0 Å². The van der Waals surface area contributed by atoms with Gasteiger partial charge in [0.1, 0.15) is 0 Å². The Hall–Kier alpha value is -7.21. The average Bonchev–Trinajstić information content (AvgIpc) is 3.51. The number of hydrogen-bond donors (Lipinski definition) is 0. The lowest BCUT2D eigenvalue weighted by molar-refractivity contribution is 0.904. The van der Waals surface area contributed by atoms with Crippen LogP contribution in [0.4, 0.5) is 22.7 Å². The first-order chi connectivity index (χ1) is 31.0. The van der Waals surface area contributed by atoms with E-state index >= 15 is 0 Å². The number of benzene rings is 5. The molecule has 3 aliphatic rings. The number of hydrogen-bond acceptors (Lipinski definition) is 5. The Balaban J connectivity index is 1.02. The maximum Gasteiger partial charge on any atom is 0.160 e. The van der Waals surface area contributed by atoms with Crippen molar-refractivity contribution in [3.05, 3.63) is 241 Å². The highest BCUT2D eigenvalue weighted by Crippen LogP contribution is 2.52. The minimum absolute atomic E-state index is 0.676. The van der Waals surface area contributed by atoms with Gasteiger partial charge in [-0.05, 0) is 128 Å². The van der Waals surface area contributed by atoms with Gasteiger partial charge in [0.2, 0.25) is 0 Å². The van der Waals surface area contributed by atoms with Crippen LogP contribution >= 0.6 is 11.8 Å². The summed E-state index contributed by atoms with van der Waals surface area (Å²) in [5.41, 5.74) is 16.1. The van der Waals surface area contributed by atoms with Gasteiger partial charge in [0.25, 0.3) is 0 Å². The summed E-state index contributed by atoms with van der Waals surface area (Å²) in [5.74, 6) is 0.676. The fourth-order valence-electron chi connectivity index (χ4n) is 8.67. The molecule has 2 heterocycles. The Bertz CT molecular complexity index is 2970. The molecule has 2 aliphatic carbocycles. The largest absolute Gasteiger partial charge is 0.344 e. The zero-order chi connectivity index (χ0) is 43.1. The van der Waals surface area contributed by atoms with Crippen LogP contribution in [0.5, 0.6) is 0 Å². The molecule has 4 nitrogen and oxygen atoms in total. The van der Waals surface area contributed by atoms with Crippen molar-refractivity contribution < 1.29 is 0 Å². The zero-order valence-electron chi connectivity index (χ0n) is 35.9. The summed E-state index contributed by atoms with van der Waals surface area (Å²) in [7, 11) is 2.19. The number of nitrogens with zero attached hydrogens (tertiary/aromatic N) is 4. The maximum atomic E-state index is 5.07. The molecule has 0 N–H and O–H groups in total. The van der Waals surface area contributed by atoms with Gasteiger partial charge in [0, 0.05) is 50.4 Å². The molecule has 6 aromatic rings. The molecule has 1 aliphatic heterocycles. The standard InChI is InChI=1S/C58H50N4S/c1-5-19-42(7-3)57-50-26-14-15-28-51(50)59-58(60-57)44-32-35-47(36-33-44)61(4)52-37-31-41-21-10-8-11-22-46(39-41)49(52)27-18-23-43(20-6-2)45-34-38-56-54(40-45)62(48-24-12-9-13-25-48)53-29-16-17-30-55(53)63-56/h5-17,19-21,23-26,28-38,40H,1,3,18,22,27,39H2,2,4H3/b11-8-,20-6-,21-10-,42-19+,43-23?. The van der Waals surface area contributed by atoms with Gasteiger partial charge >= 0.3 is 0 Å². The summed E-state index contributed by atoms with van der Waals surface area (Å²) in [4.78, 5) is 17.3. The lowest BCUT2D eigenvalue weighted by Gasteiger charge is -2.33. The third-order valence-electron chi connectivity index (χ3n) is 11.8. The van der Waals surface area contributed by atoms with Crippen molar-refractivity contribution in [3.8, 4) is 11.4 Å². The van der Waals surface area contributed by atoms with E-state index < -0.39 is 0 Å². The molecular formula is C58H50N4S. The van der Waals surface area contributed by atoms with Crippen molar-refractivity contribution in [2.24, 2.45) is 0 Å². The fraction of sp³-hybridized carbons (Fsp3) is 0.103. The van der Waals surface area contributed by atoms with Crippen molar-refractivity contribution >= 4 is 56.6 Å². The summed E-state index contributed by atoms with van der Waals surface area (Å²) in [6, 6.07) is 43.1. The third kappa shape index (κ3) is 8.66. The van der Waals surface area contributed by atoms with Crippen LogP contribution in [-0.2, 0) is 0 Å². The first kappa shape index (κ1) is 41.2. The van der Waals surface area contributed by atoms with E-state index in [0.29, 0.717) is 5.82 Å². The van der Waals surface area contributed by atoms with Crippen LogP contribution in [0.15, 0.2) is 240 Å². The normalized spacial score (nSPS) is 16.0. The molecule has 0 amide bonds. The molecule has 0 radical (unpaired) electrons. The van der Waals surface area contributed by atoms with Crippen molar-refractivity contribution in [3.63, 3.8) is 0 Å². The van der Waals surface area contributed by atoms with E-state index in [1.807, 2.05) is 42.1 Å². The first-order valence-corrected chi connectivity index (χ1v) is 22.5. The van der Waals surface area contributed by atoms with Gasteiger partial charge in [-0.25, -0.2) is 9.97 Å². The quantitative estimate of drug-likeness (QED) is 0.115. The summed E-state index contributed by atoms with van der Waals surface area (Å²) >= 11 is 1.84. The Labute approximate surface area is 376 Å². The highest BCUT2D eigenvalue weighted by atomic mass is 32.2. The lowest BCUT2D eigenvalue weighted by Crippen LogP contribution is -2.19. The molecule has 308 valence electrons. The van der Waals surface area contributed by atoms with Crippen LogP contribution in [0.2, 0.25) is 0 Å². The highest BCUT2D eigenvalue weighted by molar-refractivity contribution is 7.99. The second-order valence-corrected chi connectivity index (χ2v) is 16.8. The van der Waals surface area contributed by atoms with Crippen molar-refractivity contribution in [1.82, 2.24) is 9.97 Å². The molecule has 2 bridgehead atoms. The van der Waals surface area contributed by atoms with E-state index in [2.05, 4.69) is 195 Å². The van der Waals surface area contributed by atoms with Crippen LogP contribution in [0.25, 0.3) is 33.4 Å². The summed E-state index contributed by atoms with van der Waals surface area (Å²) in [5, 5.41) is 0.984. The second-order valence-electron chi connectivity index (χ2n) is 15.7. The zero-order valence-corrected chi connectivity index (χ0v) is 36.7. The number of likely N-dealkylation sites (N-methyl/N-ethyl adjacent to an activating group) is 1. The van der Waals surface area contributed by atoms with Crippen LogP contribution in [-0.4, -0.2) is 17.0 Å². The average molecular weight is 835 g/mol. The Kier molecular flexibility index (Phi) is 12.3. The van der Waals surface area contributed by atoms with Crippen LogP contribution in [0, 0.1) is 0 Å². The number of aromatic nitrogens is 2. The minimum Gasteiger partial charge on any atom is -0.344 e. The molecule has 0 saturated carbocycles. The lowest BCUT2D eigenvalue weighted by atomic mass is 9.92. The topological polar surface area (TPSA) is 32.3 Å². The Morgan fingerprint density at radius 1 is 0.810 bits per heavy atom. The predicted octanol–water partition coefficient (Wildman–Crippen LogP) is 15.9. The van der Waals surface area contributed by atoms with Crippen molar-refractivity contribution in [2.45, 2.75) is 42.4 Å². The molecule has 1 aromatic heterocycles. The minimum atomic E-state index is 0.676. The molecule has 5 aromatic carbocycles. The van der Waals surface area contributed by atoms with Gasteiger partial charge in [-0.1, -0.05) is 152 Å². The second kappa shape index (κ2) is 18.8. The Morgan fingerprint density at radius 2 is 1.60 bits per heavy atom. The van der Waals surface area contributed by atoms with Crippen molar-refractivity contribution in [1.29, 1.82) is 0 Å². The molecule has 0 fully saturated rings. The summed E-state index contributed by atoms with van der Waals surface area (Å²) in [6.07, 6.45) is 29.5. The van der Waals surface area contributed by atoms with E-state index in [4.69, 9.17) is 9.97 Å². The molecular weight excluding hydrogens is 785 g/mol. The number of rotatable bonds is 12. The maximum absolute atomic E-state index is 5.07. The monoisotopic (exact) mass is 834 g/mol. The first-order valence-electron chi connectivity index (χ1n) is 21.6. The molecule has 0 atom stereocenters. The number of anilines is 4. The van der Waals surface area contributed by atoms with E-state index in [-0.39, 0.29) is 0 Å². The molecule has 0 saturated heterocycles.